The van der Waals surface area contributed by atoms with Gasteiger partial charge in [0.2, 0.25) is 0 Å². The number of imidazole rings is 1. The van der Waals surface area contributed by atoms with Gasteiger partial charge >= 0.3 is 201 Å². The van der Waals surface area contributed by atoms with Crippen LogP contribution in [0.25, 0.3) is 16.7 Å². The topological polar surface area (TPSA) is 35.2 Å². The van der Waals surface area contributed by atoms with E-state index in [1.165, 1.54) is 26.8 Å². The number of rotatable bonds is 5. The molecule has 0 aliphatic carbocycles. The van der Waals surface area contributed by atoms with E-state index in [2.05, 4.69) is 115 Å². The molecule has 0 spiro atoms. The molecule has 1 aliphatic rings. The standard InChI is InChI=1S/C43H46N4O.Pt/c1-29-18-20-44-41(22-29)46-21-19-36(30-23-31(42(2,3)4)25-32(24-30)43(5,6)7)37-17-16-35(27-40(37)46)48-34-13-11-12-33(26-34)47-28-45(8)38-14-9-10-15-39(38)47;/h9-18,20,22-27,36H,19,21H2,1-8H3;/i8D3;. The van der Waals surface area contributed by atoms with Gasteiger partial charge in [-0.25, -0.2) is 0 Å². The molecular formula is C43H46N4OPt. The van der Waals surface area contributed by atoms with E-state index >= 15 is 0 Å². The van der Waals surface area contributed by atoms with Crippen molar-refractivity contribution in [1.82, 2.24) is 14.1 Å². The van der Waals surface area contributed by atoms with Crippen molar-refractivity contribution in [2.24, 2.45) is 6.98 Å². The van der Waals surface area contributed by atoms with Gasteiger partial charge in [-0.05, 0) is 40.5 Å². The average molecular weight is 833 g/mol. The van der Waals surface area contributed by atoms with Gasteiger partial charge in [0.1, 0.15) is 0 Å². The quantitative estimate of drug-likeness (QED) is 0.174. The number of fused-ring (bicyclic) bond motifs is 2. The SMILES string of the molecule is [2H]C([2H])([2H])n1[c](=[Pt])n(-c2cccc(Oc3ccc4c(c3)N(c3cc(C)ccn3)CCC4c3cc(C(C)(C)C)cc(C(C)(C)C)c3)c2)c2ccccc21. The van der Waals surface area contributed by atoms with E-state index in [0.29, 0.717) is 15.1 Å². The minimum absolute atomic E-state index is 0.0231. The van der Waals surface area contributed by atoms with Crippen molar-refractivity contribution in [2.45, 2.75) is 71.6 Å². The zero-order valence-electron chi connectivity index (χ0n) is 32.3. The van der Waals surface area contributed by atoms with Crippen LogP contribution in [0.3, 0.4) is 0 Å². The monoisotopic (exact) mass is 832 g/mol. The molecule has 0 fully saturated rings. The van der Waals surface area contributed by atoms with Crippen LogP contribution in [0.5, 0.6) is 11.5 Å². The van der Waals surface area contributed by atoms with Crippen LogP contribution in [0.4, 0.5) is 11.5 Å². The molecule has 5 nitrogen and oxygen atoms in total. The molecule has 0 saturated heterocycles. The first-order valence-electron chi connectivity index (χ1n) is 18.5. The van der Waals surface area contributed by atoms with Gasteiger partial charge in [-0.1, -0.05) is 59.7 Å². The van der Waals surface area contributed by atoms with Gasteiger partial charge in [-0.3, -0.25) is 0 Å². The Morgan fingerprint density at radius 2 is 1.51 bits per heavy atom. The Morgan fingerprint density at radius 3 is 2.20 bits per heavy atom. The number of para-hydroxylation sites is 2. The van der Waals surface area contributed by atoms with Crippen LogP contribution in [-0.4, -0.2) is 20.7 Å². The predicted octanol–water partition coefficient (Wildman–Crippen LogP) is 10.8. The Bertz CT molecular complexity index is 2330. The van der Waals surface area contributed by atoms with E-state index in [1.807, 2.05) is 65.4 Å². The number of hydrogen-bond acceptors (Lipinski definition) is 3. The van der Waals surface area contributed by atoms with Gasteiger partial charge in [-0.15, -0.1) is 0 Å². The summed E-state index contributed by atoms with van der Waals surface area (Å²) in [4.78, 5) is 7.13. The molecule has 1 aliphatic heterocycles. The first kappa shape index (κ1) is 29.7. The van der Waals surface area contributed by atoms with Crippen molar-refractivity contribution >= 4 is 22.5 Å². The summed E-state index contributed by atoms with van der Waals surface area (Å²) in [5, 5.41) is 0. The summed E-state index contributed by atoms with van der Waals surface area (Å²) < 4.78 is 35.3. The Kier molecular flexibility index (Phi) is 7.63. The third-order valence-corrected chi connectivity index (χ3v) is 10.6. The molecule has 2 aromatic heterocycles. The van der Waals surface area contributed by atoms with E-state index in [4.69, 9.17) is 13.8 Å². The summed E-state index contributed by atoms with van der Waals surface area (Å²) in [5.74, 6) is 2.52. The number of ether oxygens (including phenoxy) is 1. The summed E-state index contributed by atoms with van der Waals surface area (Å²) in [6.45, 7) is 14.4. The fourth-order valence-electron chi connectivity index (χ4n) is 6.81. The van der Waals surface area contributed by atoms with Crippen LogP contribution in [0.15, 0.2) is 103 Å². The van der Waals surface area contributed by atoms with Crippen molar-refractivity contribution < 1.29 is 28.2 Å². The van der Waals surface area contributed by atoms with Crippen molar-refractivity contribution in [2.75, 3.05) is 11.4 Å². The third kappa shape index (κ3) is 6.46. The number of pyridine rings is 1. The van der Waals surface area contributed by atoms with Gasteiger partial charge < -0.3 is 0 Å². The second-order valence-electron chi connectivity index (χ2n) is 15.2. The molecule has 0 amide bonds. The van der Waals surface area contributed by atoms with Crippen LogP contribution in [-0.2, 0) is 37.2 Å². The van der Waals surface area contributed by atoms with Gasteiger partial charge in [0.25, 0.3) is 0 Å². The molecular weight excluding hydrogens is 784 g/mol. The first-order chi connectivity index (χ1) is 24.5. The molecule has 1 unspecified atom stereocenters. The van der Waals surface area contributed by atoms with Crippen LogP contribution < -0.4 is 9.64 Å². The second-order valence-corrected chi connectivity index (χ2v) is 16.3. The summed E-state index contributed by atoms with van der Waals surface area (Å²) in [5.41, 5.74) is 9.89. The molecule has 254 valence electrons. The van der Waals surface area contributed by atoms with Crippen molar-refractivity contribution in [1.29, 1.82) is 0 Å². The second kappa shape index (κ2) is 12.6. The van der Waals surface area contributed by atoms with Crippen molar-refractivity contribution in [3.05, 3.63) is 135 Å². The van der Waals surface area contributed by atoms with Crippen LogP contribution in [0, 0.1) is 10.7 Å². The molecule has 7 rings (SSSR count). The van der Waals surface area contributed by atoms with E-state index < -0.39 is 6.98 Å². The predicted molar refractivity (Wildman–Crippen MR) is 198 cm³/mol. The van der Waals surface area contributed by atoms with Gasteiger partial charge in [0.15, 0.2) is 0 Å². The first-order valence-corrected chi connectivity index (χ1v) is 18.1. The third-order valence-electron chi connectivity index (χ3n) is 9.59. The molecule has 0 bridgehead atoms. The number of hydrogen-bond donors (Lipinski definition) is 0. The van der Waals surface area contributed by atoms with Gasteiger partial charge in [-0.2, -0.15) is 0 Å². The molecule has 0 radical (unpaired) electrons. The summed E-state index contributed by atoms with van der Waals surface area (Å²) >= 11 is 2.10. The fraction of sp³-hybridized carbons (Fsp3) is 0.302. The van der Waals surface area contributed by atoms with Gasteiger partial charge in [0.05, 0.1) is 0 Å². The fourth-order valence-corrected chi connectivity index (χ4v) is 7.65. The number of aryl methyl sites for hydroxylation is 2. The summed E-state index contributed by atoms with van der Waals surface area (Å²) in [6.07, 6.45) is 2.84. The Labute approximate surface area is 305 Å². The molecule has 6 aromatic rings. The maximum atomic E-state index is 8.22. The normalized spacial score (nSPS) is 16.2. The Balaban J connectivity index is 1.31. The zero-order chi connectivity index (χ0) is 37.2. The maximum absolute atomic E-state index is 8.22. The molecule has 3 heterocycles. The van der Waals surface area contributed by atoms with Crippen LogP contribution in [0.1, 0.15) is 85.8 Å². The van der Waals surface area contributed by atoms with Crippen LogP contribution in [0.2, 0.25) is 0 Å². The molecule has 49 heavy (non-hydrogen) atoms. The van der Waals surface area contributed by atoms with E-state index in [0.717, 1.165) is 47.0 Å². The molecule has 0 N–H and O–H groups in total. The van der Waals surface area contributed by atoms with E-state index in [9.17, 15) is 0 Å². The Hall–Kier alpha value is -4.21. The van der Waals surface area contributed by atoms with Crippen molar-refractivity contribution in [3.63, 3.8) is 0 Å². The summed E-state index contributed by atoms with van der Waals surface area (Å²) in [6, 6.07) is 33.3. The average Bonchev–Trinajstić information content (AvgIpc) is 3.39. The minimum atomic E-state index is -2.32. The zero-order valence-corrected chi connectivity index (χ0v) is 31.6. The molecule has 6 heteroatoms. The van der Waals surface area contributed by atoms with E-state index in [-0.39, 0.29) is 16.7 Å². The number of benzene rings is 4. The molecule has 4 aromatic carbocycles. The number of aromatic nitrogens is 3. The van der Waals surface area contributed by atoms with E-state index in [1.54, 1.807) is 0 Å². The summed E-state index contributed by atoms with van der Waals surface area (Å²) in [7, 11) is 0. The van der Waals surface area contributed by atoms with Crippen LogP contribution >= 0.6 is 0 Å². The Morgan fingerprint density at radius 1 is 0.796 bits per heavy atom. The van der Waals surface area contributed by atoms with Gasteiger partial charge in [0, 0.05) is 6.20 Å². The number of nitrogens with zero attached hydrogens (tertiary/aromatic N) is 4. The molecule has 1 atom stereocenters. The van der Waals surface area contributed by atoms with Crippen molar-refractivity contribution in [3.8, 4) is 17.2 Å². The number of anilines is 2. The molecule has 0 saturated carbocycles.